The zero-order chi connectivity index (χ0) is 19.5. The SMILES string of the molecule is CCOC(=O)c1ncc(-c2cnc(N[C@@H](C)C(F)(F)F)cc2C(F)F)s1. The maximum absolute atomic E-state index is 13.4. The third-order valence-electron chi connectivity index (χ3n) is 3.25. The number of aromatic nitrogens is 2. The smallest absolute Gasteiger partial charge is 0.408 e. The molecule has 1 atom stereocenters. The van der Waals surface area contributed by atoms with Crippen LogP contribution in [0.5, 0.6) is 0 Å². The molecule has 0 saturated carbocycles. The van der Waals surface area contributed by atoms with E-state index in [-0.39, 0.29) is 27.9 Å². The second-order valence-electron chi connectivity index (χ2n) is 5.12. The van der Waals surface area contributed by atoms with Crippen LogP contribution in [0.3, 0.4) is 0 Å². The number of rotatable bonds is 6. The number of esters is 1. The van der Waals surface area contributed by atoms with Crippen LogP contribution in [0.15, 0.2) is 18.5 Å². The molecule has 5 nitrogen and oxygen atoms in total. The van der Waals surface area contributed by atoms with Gasteiger partial charge in [-0.1, -0.05) is 0 Å². The number of carbonyl (C=O) groups excluding carboxylic acids is 1. The monoisotopic (exact) mass is 395 g/mol. The summed E-state index contributed by atoms with van der Waals surface area (Å²) in [7, 11) is 0. The minimum Gasteiger partial charge on any atom is -0.461 e. The average molecular weight is 395 g/mol. The molecule has 2 rings (SSSR count). The van der Waals surface area contributed by atoms with Gasteiger partial charge in [0.05, 0.1) is 11.5 Å². The van der Waals surface area contributed by atoms with Crippen LogP contribution in [0, 0.1) is 0 Å². The van der Waals surface area contributed by atoms with Crippen LogP contribution < -0.4 is 5.32 Å². The number of nitrogens with zero attached hydrogens (tertiary/aromatic N) is 2. The van der Waals surface area contributed by atoms with Crippen molar-refractivity contribution in [2.45, 2.75) is 32.5 Å². The zero-order valence-electron chi connectivity index (χ0n) is 13.6. The summed E-state index contributed by atoms with van der Waals surface area (Å²) in [6, 6.07) is -1.10. The highest BCUT2D eigenvalue weighted by atomic mass is 32.1. The van der Waals surface area contributed by atoms with E-state index < -0.39 is 30.2 Å². The summed E-state index contributed by atoms with van der Waals surface area (Å²) in [5.74, 6) is -1.02. The molecule has 0 saturated heterocycles. The van der Waals surface area contributed by atoms with Crippen molar-refractivity contribution in [1.82, 2.24) is 9.97 Å². The summed E-state index contributed by atoms with van der Waals surface area (Å²) in [4.78, 5) is 19.4. The van der Waals surface area contributed by atoms with E-state index in [1.54, 1.807) is 6.92 Å². The molecular formula is C15H14F5N3O2S. The van der Waals surface area contributed by atoms with Crippen LogP contribution in [-0.4, -0.2) is 34.8 Å². The second-order valence-corrected chi connectivity index (χ2v) is 6.15. The van der Waals surface area contributed by atoms with Gasteiger partial charge in [0.25, 0.3) is 6.43 Å². The van der Waals surface area contributed by atoms with Gasteiger partial charge in [0.15, 0.2) is 0 Å². The van der Waals surface area contributed by atoms with E-state index in [1.807, 2.05) is 5.32 Å². The van der Waals surface area contributed by atoms with Crippen molar-refractivity contribution in [3.63, 3.8) is 0 Å². The first kappa shape index (κ1) is 20.0. The first-order chi connectivity index (χ1) is 12.1. The predicted molar refractivity (Wildman–Crippen MR) is 85.4 cm³/mol. The van der Waals surface area contributed by atoms with Crippen molar-refractivity contribution in [2.24, 2.45) is 0 Å². The maximum Gasteiger partial charge on any atom is 0.408 e. The minimum absolute atomic E-state index is 0.0155. The van der Waals surface area contributed by atoms with Crippen molar-refractivity contribution in [2.75, 3.05) is 11.9 Å². The van der Waals surface area contributed by atoms with Crippen LogP contribution in [0.2, 0.25) is 0 Å². The number of hydrogen-bond acceptors (Lipinski definition) is 6. The van der Waals surface area contributed by atoms with Gasteiger partial charge in [0.1, 0.15) is 11.9 Å². The maximum atomic E-state index is 13.4. The van der Waals surface area contributed by atoms with Gasteiger partial charge in [0.2, 0.25) is 5.01 Å². The van der Waals surface area contributed by atoms with Crippen molar-refractivity contribution in [3.05, 3.63) is 29.0 Å². The summed E-state index contributed by atoms with van der Waals surface area (Å²) >= 11 is 0.830. The van der Waals surface area contributed by atoms with Gasteiger partial charge in [-0.05, 0) is 19.9 Å². The Morgan fingerprint density at radius 1 is 1.31 bits per heavy atom. The lowest BCUT2D eigenvalue weighted by molar-refractivity contribution is -0.138. The Labute approximate surface area is 149 Å². The molecule has 2 aromatic rings. The molecular weight excluding hydrogens is 381 g/mol. The number of alkyl halides is 5. The van der Waals surface area contributed by atoms with Gasteiger partial charge in [-0.2, -0.15) is 13.2 Å². The zero-order valence-corrected chi connectivity index (χ0v) is 14.4. The lowest BCUT2D eigenvalue weighted by atomic mass is 10.1. The molecule has 2 aromatic heterocycles. The van der Waals surface area contributed by atoms with E-state index in [1.165, 1.54) is 6.20 Å². The highest BCUT2D eigenvalue weighted by Gasteiger charge is 2.36. The van der Waals surface area contributed by atoms with Crippen LogP contribution in [0.4, 0.5) is 27.8 Å². The van der Waals surface area contributed by atoms with Gasteiger partial charge in [0, 0.05) is 23.5 Å². The fourth-order valence-corrected chi connectivity index (χ4v) is 2.77. The Morgan fingerprint density at radius 3 is 2.58 bits per heavy atom. The normalized spacial score (nSPS) is 12.9. The largest absolute Gasteiger partial charge is 0.461 e. The summed E-state index contributed by atoms with van der Waals surface area (Å²) in [5.41, 5.74) is -0.533. The number of thiazole rings is 1. The molecule has 0 fully saturated rings. The van der Waals surface area contributed by atoms with E-state index in [4.69, 9.17) is 4.74 Å². The summed E-state index contributed by atoms with van der Waals surface area (Å²) < 4.78 is 69.3. The Kier molecular flexibility index (Phi) is 6.11. The Morgan fingerprint density at radius 2 is 2.00 bits per heavy atom. The third kappa shape index (κ3) is 4.65. The number of halogens is 5. The molecule has 26 heavy (non-hydrogen) atoms. The van der Waals surface area contributed by atoms with Crippen LogP contribution in [0.25, 0.3) is 10.4 Å². The Bertz CT molecular complexity index is 779. The molecule has 2 heterocycles. The van der Waals surface area contributed by atoms with Gasteiger partial charge in [-0.15, -0.1) is 11.3 Å². The third-order valence-corrected chi connectivity index (χ3v) is 4.26. The van der Waals surface area contributed by atoms with Crippen LogP contribution in [0.1, 0.15) is 35.6 Å². The molecule has 0 aliphatic carbocycles. The Hall–Kier alpha value is -2.30. The van der Waals surface area contributed by atoms with Gasteiger partial charge in [-0.3, -0.25) is 0 Å². The topological polar surface area (TPSA) is 64.1 Å². The molecule has 0 aliphatic heterocycles. The molecule has 0 bridgehead atoms. The standard InChI is InChI=1S/C15H14F5N3O2S/c1-3-25-14(24)13-22-6-10(26-13)9-5-21-11(4-8(9)12(16)17)23-7(2)15(18,19)20/h4-7,12H,3H2,1-2H3,(H,21,23)/t7-/m0/s1. The van der Waals surface area contributed by atoms with Crippen molar-refractivity contribution in [3.8, 4) is 10.4 Å². The molecule has 0 amide bonds. The average Bonchev–Trinajstić information content (AvgIpc) is 3.04. The molecule has 142 valence electrons. The molecule has 0 aliphatic rings. The fourth-order valence-electron chi connectivity index (χ4n) is 1.93. The number of hydrogen-bond donors (Lipinski definition) is 1. The number of ether oxygens (including phenoxy) is 1. The molecule has 0 aromatic carbocycles. The van der Waals surface area contributed by atoms with E-state index in [2.05, 4.69) is 9.97 Å². The van der Waals surface area contributed by atoms with Gasteiger partial charge >= 0.3 is 12.1 Å². The predicted octanol–water partition coefficient (Wildman–Crippen LogP) is 4.68. The summed E-state index contributed by atoms with van der Waals surface area (Å²) in [5, 5.41) is 2.02. The van der Waals surface area contributed by atoms with E-state index in [9.17, 15) is 26.7 Å². The fraction of sp³-hybridized carbons (Fsp3) is 0.400. The highest BCUT2D eigenvalue weighted by Crippen LogP contribution is 2.35. The van der Waals surface area contributed by atoms with Crippen molar-refractivity contribution in [1.29, 1.82) is 0 Å². The van der Waals surface area contributed by atoms with Crippen molar-refractivity contribution < 1.29 is 31.5 Å². The Balaban J connectivity index is 2.34. The lowest BCUT2D eigenvalue weighted by Gasteiger charge is -2.18. The first-order valence-corrected chi connectivity index (χ1v) is 8.19. The molecule has 0 spiro atoms. The van der Waals surface area contributed by atoms with Crippen molar-refractivity contribution >= 4 is 23.1 Å². The lowest BCUT2D eigenvalue weighted by Crippen LogP contribution is -2.33. The molecule has 11 heteroatoms. The summed E-state index contributed by atoms with van der Waals surface area (Å²) in [6.07, 6.45) is -5.26. The number of nitrogens with one attached hydrogen (secondary N) is 1. The molecule has 1 N–H and O–H groups in total. The second kappa shape index (κ2) is 7.94. The number of pyridine rings is 1. The number of anilines is 1. The van der Waals surface area contributed by atoms with Gasteiger partial charge < -0.3 is 10.1 Å². The van der Waals surface area contributed by atoms with E-state index in [0.717, 1.165) is 30.5 Å². The van der Waals surface area contributed by atoms with Gasteiger partial charge in [-0.25, -0.2) is 23.5 Å². The van der Waals surface area contributed by atoms with Crippen LogP contribution >= 0.6 is 11.3 Å². The van der Waals surface area contributed by atoms with Crippen LogP contribution in [-0.2, 0) is 4.74 Å². The van der Waals surface area contributed by atoms with E-state index in [0.29, 0.717) is 0 Å². The molecule has 0 unspecified atom stereocenters. The van der Waals surface area contributed by atoms with E-state index >= 15 is 0 Å². The molecule has 0 radical (unpaired) electrons. The quantitative estimate of drug-likeness (QED) is 0.568. The number of carbonyl (C=O) groups is 1. The highest BCUT2D eigenvalue weighted by molar-refractivity contribution is 7.16. The minimum atomic E-state index is -4.54. The first-order valence-electron chi connectivity index (χ1n) is 7.38. The summed E-state index contributed by atoms with van der Waals surface area (Å²) in [6.45, 7) is 2.60.